The van der Waals surface area contributed by atoms with Crippen molar-refractivity contribution in [2.24, 2.45) is 5.92 Å². The highest BCUT2D eigenvalue weighted by Crippen LogP contribution is 2.23. The number of urea groups is 1. The Morgan fingerprint density at radius 3 is 2.14 bits per heavy atom. The number of alkyl carbamates (subject to hydrolysis) is 1. The Balaban J connectivity index is 1.46. The molecule has 4 N–H and O–H groups in total. The molecule has 13 heteroatoms. The number of thiazole rings is 2. The van der Waals surface area contributed by atoms with Crippen molar-refractivity contribution in [2.75, 3.05) is 7.05 Å². The number of aliphatic hydroxyl groups excluding tert-OH is 1. The van der Waals surface area contributed by atoms with Gasteiger partial charge in [-0.3, -0.25) is 9.78 Å². The predicted molar refractivity (Wildman–Crippen MR) is 197 cm³/mol. The van der Waals surface area contributed by atoms with Gasteiger partial charge in [-0.25, -0.2) is 14.6 Å². The molecule has 2 aromatic heterocycles. The van der Waals surface area contributed by atoms with E-state index in [1.54, 1.807) is 30.1 Å². The van der Waals surface area contributed by atoms with E-state index in [1.165, 1.54) is 16.2 Å². The minimum absolute atomic E-state index is 0.0671. The van der Waals surface area contributed by atoms with E-state index in [2.05, 4.69) is 39.8 Å². The summed E-state index contributed by atoms with van der Waals surface area (Å²) < 4.78 is 5.43. The third-order valence-corrected chi connectivity index (χ3v) is 10.2. The van der Waals surface area contributed by atoms with Gasteiger partial charge in [0, 0.05) is 30.4 Å². The van der Waals surface area contributed by atoms with Gasteiger partial charge in [0.15, 0.2) is 0 Å². The van der Waals surface area contributed by atoms with Gasteiger partial charge in [-0.15, -0.1) is 22.7 Å². The summed E-state index contributed by atoms with van der Waals surface area (Å²) in [6, 6.07) is 16.8. The van der Waals surface area contributed by atoms with E-state index in [9.17, 15) is 19.5 Å². The van der Waals surface area contributed by atoms with Gasteiger partial charge < -0.3 is 30.7 Å². The van der Waals surface area contributed by atoms with Crippen LogP contribution in [0.2, 0.25) is 0 Å². The number of amides is 4. The fourth-order valence-electron chi connectivity index (χ4n) is 5.35. The maximum Gasteiger partial charge on any atom is 0.407 e. The molecule has 0 aliphatic carbocycles. The molecule has 268 valence electrons. The molecule has 4 atom stereocenters. The average Bonchev–Trinajstić information content (AvgIpc) is 3.79. The van der Waals surface area contributed by atoms with Crippen molar-refractivity contribution in [3.8, 4) is 0 Å². The fraction of sp³-hybridized carbons (Fsp3) is 0.432. The van der Waals surface area contributed by atoms with Crippen molar-refractivity contribution in [2.45, 2.75) is 90.3 Å². The first-order valence-corrected chi connectivity index (χ1v) is 18.5. The van der Waals surface area contributed by atoms with Crippen molar-refractivity contribution in [1.29, 1.82) is 0 Å². The number of hydrogen-bond donors (Lipinski definition) is 4. The minimum atomic E-state index is -1.05. The molecule has 2 heterocycles. The minimum Gasteiger partial charge on any atom is -0.444 e. The zero-order valence-corrected chi connectivity index (χ0v) is 30.9. The second-order valence-electron chi connectivity index (χ2n) is 13.0. The molecule has 0 unspecified atom stereocenters. The van der Waals surface area contributed by atoms with Crippen molar-refractivity contribution < 1.29 is 24.2 Å². The Morgan fingerprint density at radius 1 is 0.900 bits per heavy atom. The lowest BCUT2D eigenvalue weighted by atomic mass is 9.93. The van der Waals surface area contributed by atoms with Crippen LogP contribution in [0.1, 0.15) is 65.9 Å². The van der Waals surface area contributed by atoms with Gasteiger partial charge in [0.25, 0.3) is 0 Å². The van der Waals surface area contributed by atoms with Crippen molar-refractivity contribution >= 4 is 40.7 Å². The third kappa shape index (κ3) is 12.2. The number of benzene rings is 2. The number of nitrogens with one attached hydrogen (secondary N) is 3. The molecule has 0 bridgehead atoms. The van der Waals surface area contributed by atoms with Crippen LogP contribution in [0, 0.1) is 5.92 Å². The Morgan fingerprint density at radius 2 is 1.56 bits per heavy atom. The molecular formula is C37H48N6O5S2. The van der Waals surface area contributed by atoms with Crippen LogP contribution >= 0.6 is 22.7 Å². The van der Waals surface area contributed by atoms with E-state index in [0.29, 0.717) is 25.3 Å². The number of aliphatic hydroxyl groups is 1. The van der Waals surface area contributed by atoms with Crippen LogP contribution < -0.4 is 16.0 Å². The Kier molecular flexibility index (Phi) is 14.7. The lowest BCUT2D eigenvalue weighted by Crippen LogP contribution is -2.55. The van der Waals surface area contributed by atoms with Gasteiger partial charge in [0.1, 0.15) is 17.7 Å². The van der Waals surface area contributed by atoms with Crippen LogP contribution in [0.25, 0.3) is 0 Å². The van der Waals surface area contributed by atoms with Crippen LogP contribution in [-0.4, -0.2) is 69.3 Å². The molecule has 0 spiro atoms. The Bertz CT molecular complexity index is 1620. The fourth-order valence-corrected chi connectivity index (χ4v) is 6.83. The zero-order chi connectivity index (χ0) is 36.0. The normalized spacial score (nSPS) is 13.7. The number of nitrogens with zero attached hydrogens (tertiary/aromatic N) is 3. The molecule has 0 fully saturated rings. The summed E-state index contributed by atoms with van der Waals surface area (Å²) >= 11 is 2.95. The van der Waals surface area contributed by atoms with Crippen molar-refractivity contribution in [3.05, 3.63) is 104 Å². The third-order valence-electron chi connectivity index (χ3n) is 8.18. The summed E-state index contributed by atoms with van der Waals surface area (Å²) in [7, 11) is 1.68. The molecule has 2 aromatic carbocycles. The van der Waals surface area contributed by atoms with Gasteiger partial charge in [-0.05, 0) is 42.2 Å². The average molecular weight is 721 g/mol. The highest BCUT2D eigenvalue weighted by Gasteiger charge is 2.31. The van der Waals surface area contributed by atoms with Gasteiger partial charge in [-0.2, -0.15) is 0 Å². The maximum atomic E-state index is 13.9. The van der Waals surface area contributed by atoms with E-state index in [-0.39, 0.29) is 30.9 Å². The second-order valence-corrected chi connectivity index (χ2v) is 15.1. The first-order chi connectivity index (χ1) is 24.0. The lowest BCUT2D eigenvalue weighted by Gasteiger charge is -2.30. The summed E-state index contributed by atoms with van der Waals surface area (Å²) in [6.45, 7) is 8.34. The number of ether oxygens (including phenoxy) is 1. The number of rotatable bonds is 17. The first-order valence-electron chi connectivity index (χ1n) is 16.8. The summed E-state index contributed by atoms with van der Waals surface area (Å²) in [6.07, 6.45) is 2.68. The summed E-state index contributed by atoms with van der Waals surface area (Å²) in [5.41, 5.74) is 3.56. The molecule has 0 aliphatic heterocycles. The standard InChI is InChI=1S/C37H48N6O5S2/c1-24(2)32-20-39-33(50-32)21-43(5)36(46)42-34(25(3)4)35(45)40-28(16-26-12-8-6-9-13-26)18-31(44)30(17-27-14-10-7-11-15-27)41-37(47)48-22-29-19-38-23-49-29/h6-15,19-20,23-25,28,30-31,34,44H,16-18,21-22H2,1-5H3,(H,40,45)(H,41,47)(H,42,46)/t28-,30+,31+,34-/m0/s1. The molecule has 0 saturated heterocycles. The maximum absolute atomic E-state index is 13.9. The van der Waals surface area contributed by atoms with Crippen LogP contribution in [0.3, 0.4) is 0 Å². The summed E-state index contributed by atoms with van der Waals surface area (Å²) in [4.78, 5) is 52.0. The van der Waals surface area contributed by atoms with E-state index in [1.807, 2.05) is 80.7 Å². The van der Waals surface area contributed by atoms with Crippen LogP contribution in [0.5, 0.6) is 0 Å². The van der Waals surface area contributed by atoms with E-state index >= 15 is 0 Å². The number of aromatic nitrogens is 2. The smallest absolute Gasteiger partial charge is 0.407 e. The SMILES string of the molecule is CC(C)c1cnc(CN(C)C(=O)N[C@H](C(=O)N[C@@H](Cc2ccccc2)C[C@@H](O)[C@@H](Cc2ccccc2)NC(=O)OCc2cncs2)C(C)C)s1. The molecule has 4 amide bonds. The second kappa shape index (κ2) is 19.2. The van der Waals surface area contributed by atoms with E-state index in [0.717, 1.165) is 25.9 Å². The van der Waals surface area contributed by atoms with Crippen molar-refractivity contribution in [1.82, 2.24) is 30.8 Å². The van der Waals surface area contributed by atoms with E-state index < -0.39 is 30.3 Å². The predicted octanol–water partition coefficient (Wildman–Crippen LogP) is 5.91. The molecule has 4 aromatic rings. The molecular weight excluding hydrogens is 673 g/mol. The molecule has 50 heavy (non-hydrogen) atoms. The topological polar surface area (TPSA) is 146 Å². The summed E-state index contributed by atoms with van der Waals surface area (Å²) in [5, 5.41) is 21.4. The molecule has 4 rings (SSSR count). The largest absolute Gasteiger partial charge is 0.444 e. The highest BCUT2D eigenvalue weighted by molar-refractivity contribution is 7.11. The number of carbonyl (C=O) groups excluding carboxylic acids is 3. The highest BCUT2D eigenvalue weighted by atomic mass is 32.1. The lowest BCUT2D eigenvalue weighted by molar-refractivity contribution is -0.124. The molecule has 0 radical (unpaired) electrons. The van der Waals surface area contributed by atoms with Crippen molar-refractivity contribution in [3.63, 3.8) is 0 Å². The molecule has 0 saturated carbocycles. The van der Waals surface area contributed by atoms with Crippen LogP contribution in [0.15, 0.2) is 78.6 Å². The van der Waals surface area contributed by atoms with E-state index in [4.69, 9.17) is 4.74 Å². The first kappa shape index (κ1) is 38.5. The number of hydrogen-bond acceptors (Lipinski definition) is 9. The summed E-state index contributed by atoms with van der Waals surface area (Å²) in [5.74, 6) is -0.227. The van der Waals surface area contributed by atoms with Gasteiger partial charge in [0.05, 0.1) is 29.1 Å². The van der Waals surface area contributed by atoms with Crippen LogP contribution in [0.4, 0.5) is 9.59 Å². The number of carbonyl (C=O) groups is 3. The van der Waals surface area contributed by atoms with Gasteiger partial charge in [0.2, 0.25) is 5.91 Å². The molecule has 11 nitrogen and oxygen atoms in total. The Hall–Kier alpha value is -4.33. The van der Waals surface area contributed by atoms with Crippen LogP contribution in [-0.2, 0) is 35.5 Å². The van der Waals surface area contributed by atoms with Gasteiger partial charge in [-0.1, -0.05) is 88.4 Å². The zero-order valence-electron chi connectivity index (χ0n) is 29.2. The quantitative estimate of drug-likeness (QED) is 0.106. The monoisotopic (exact) mass is 720 g/mol. The molecule has 0 aliphatic rings. The van der Waals surface area contributed by atoms with Gasteiger partial charge >= 0.3 is 12.1 Å². The Labute approximate surface area is 302 Å².